The van der Waals surface area contributed by atoms with Crippen LogP contribution in [-0.2, 0) is 0 Å². The molecule has 0 radical (unpaired) electrons. The third-order valence-electron chi connectivity index (χ3n) is 1.57. The molecule has 0 aromatic heterocycles. The predicted molar refractivity (Wildman–Crippen MR) is 61.8 cm³/mol. The fourth-order valence-electron chi connectivity index (χ4n) is 0.844. The van der Waals surface area contributed by atoms with Crippen LogP contribution in [0.2, 0.25) is 0 Å². The maximum atomic E-state index is 2.25. The second-order valence-electron chi connectivity index (χ2n) is 5.92. The van der Waals surface area contributed by atoms with Gasteiger partial charge < -0.3 is 0 Å². The SMILES string of the molecule is CC(C)(C)/C=C/C=C/CC(C)(C)C. The molecule has 76 valence electrons. The molecule has 0 spiro atoms. The summed E-state index contributed by atoms with van der Waals surface area (Å²) in [6, 6.07) is 0. The third kappa shape index (κ3) is 11.5. The zero-order valence-corrected chi connectivity index (χ0v) is 10.0. The lowest BCUT2D eigenvalue weighted by molar-refractivity contribution is 0.420. The quantitative estimate of drug-likeness (QED) is 0.546. The van der Waals surface area contributed by atoms with E-state index in [2.05, 4.69) is 65.8 Å². The minimum atomic E-state index is 0.298. The zero-order valence-electron chi connectivity index (χ0n) is 10.0. The third-order valence-corrected chi connectivity index (χ3v) is 1.57. The zero-order chi connectivity index (χ0) is 10.5. The van der Waals surface area contributed by atoms with Crippen LogP contribution in [0.3, 0.4) is 0 Å². The van der Waals surface area contributed by atoms with E-state index >= 15 is 0 Å². The smallest absolute Gasteiger partial charge is 0.0200 e. The van der Waals surface area contributed by atoms with Gasteiger partial charge in [0.25, 0.3) is 0 Å². The molecule has 0 nitrogen and oxygen atoms in total. The lowest BCUT2D eigenvalue weighted by Crippen LogP contribution is -2.01. The van der Waals surface area contributed by atoms with Crippen molar-refractivity contribution in [2.45, 2.75) is 48.0 Å². The minimum Gasteiger partial charge on any atom is -0.0840 e. The van der Waals surface area contributed by atoms with Crippen LogP contribution >= 0.6 is 0 Å². The van der Waals surface area contributed by atoms with Gasteiger partial charge in [-0.3, -0.25) is 0 Å². The van der Waals surface area contributed by atoms with Crippen molar-refractivity contribution < 1.29 is 0 Å². The molecule has 0 bridgehead atoms. The molecule has 0 saturated carbocycles. The van der Waals surface area contributed by atoms with Crippen molar-refractivity contribution in [2.24, 2.45) is 10.8 Å². The summed E-state index contributed by atoms with van der Waals surface area (Å²) in [7, 11) is 0. The first-order valence-corrected chi connectivity index (χ1v) is 5.05. The molecular formula is C13H24. The summed E-state index contributed by atoms with van der Waals surface area (Å²) in [4.78, 5) is 0. The van der Waals surface area contributed by atoms with E-state index in [0.717, 1.165) is 6.42 Å². The first-order chi connectivity index (χ1) is 5.71. The molecular weight excluding hydrogens is 156 g/mol. The summed E-state index contributed by atoms with van der Waals surface area (Å²) in [5.74, 6) is 0. The maximum Gasteiger partial charge on any atom is -0.0200 e. The number of allylic oxidation sites excluding steroid dienone is 4. The Labute approximate surface area is 83.7 Å². The van der Waals surface area contributed by atoms with Crippen LogP contribution in [0, 0.1) is 10.8 Å². The van der Waals surface area contributed by atoms with Crippen LogP contribution < -0.4 is 0 Å². The number of hydrogen-bond donors (Lipinski definition) is 0. The average Bonchev–Trinajstić information content (AvgIpc) is 1.81. The van der Waals surface area contributed by atoms with E-state index < -0.39 is 0 Å². The van der Waals surface area contributed by atoms with Gasteiger partial charge in [0.2, 0.25) is 0 Å². The van der Waals surface area contributed by atoms with Gasteiger partial charge >= 0.3 is 0 Å². The Bertz CT molecular complexity index is 181. The van der Waals surface area contributed by atoms with Crippen LogP contribution in [0.5, 0.6) is 0 Å². The van der Waals surface area contributed by atoms with E-state index in [1.165, 1.54) is 0 Å². The predicted octanol–water partition coefficient (Wildman–Crippen LogP) is 4.58. The van der Waals surface area contributed by atoms with Gasteiger partial charge in [0, 0.05) is 0 Å². The van der Waals surface area contributed by atoms with Crippen molar-refractivity contribution in [3.8, 4) is 0 Å². The Morgan fingerprint density at radius 2 is 1.38 bits per heavy atom. The van der Waals surface area contributed by atoms with Gasteiger partial charge in [-0.15, -0.1) is 0 Å². The largest absolute Gasteiger partial charge is 0.0840 e. The van der Waals surface area contributed by atoms with E-state index in [-0.39, 0.29) is 0 Å². The minimum absolute atomic E-state index is 0.298. The molecule has 13 heavy (non-hydrogen) atoms. The van der Waals surface area contributed by atoms with Gasteiger partial charge in [0.1, 0.15) is 0 Å². The van der Waals surface area contributed by atoms with Crippen LogP contribution in [0.4, 0.5) is 0 Å². The molecule has 0 heterocycles. The number of rotatable bonds is 2. The Balaban J connectivity index is 3.84. The molecule has 0 aromatic carbocycles. The molecule has 0 N–H and O–H groups in total. The summed E-state index contributed by atoms with van der Waals surface area (Å²) < 4.78 is 0. The van der Waals surface area contributed by atoms with E-state index in [1.807, 2.05) is 0 Å². The molecule has 0 aromatic rings. The van der Waals surface area contributed by atoms with Crippen molar-refractivity contribution in [1.29, 1.82) is 0 Å². The van der Waals surface area contributed by atoms with Crippen LogP contribution in [0.25, 0.3) is 0 Å². The first kappa shape index (κ1) is 12.5. The van der Waals surface area contributed by atoms with Crippen molar-refractivity contribution in [3.05, 3.63) is 24.3 Å². The van der Waals surface area contributed by atoms with Crippen molar-refractivity contribution >= 4 is 0 Å². The Morgan fingerprint density at radius 3 is 1.77 bits per heavy atom. The van der Waals surface area contributed by atoms with Gasteiger partial charge in [-0.2, -0.15) is 0 Å². The second kappa shape index (κ2) is 4.64. The topological polar surface area (TPSA) is 0 Å². The molecule has 0 aliphatic carbocycles. The highest BCUT2D eigenvalue weighted by molar-refractivity contribution is 5.06. The molecule has 0 unspecified atom stereocenters. The van der Waals surface area contributed by atoms with Crippen molar-refractivity contribution in [2.75, 3.05) is 0 Å². The van der Waals surface area contributed by atoms with E-state index in [4.69, 9.17) is 0 Å². The highest BCUT2D eigenvalue weighted by Crippen LogP contribution is 2.19. The van der Waals surface area contributed by atoms with Gasteiger partial charge in [-0.1, -0.05) is 65.8 Å². The van der Waals surface area contributed by atoms with Gasteiger partial charge in [-0.05, 0) is 17.3 Å². The first-order valence-electron chi connectivity index (χ1n) is 5.05. The summed E-state index contributed by atoms with van der Waals surface area (Å²) in [6.45, 7) is 13.4. The maximum absolute atomic E-state index is 2.25. The highest BCUT2D eigenvalue weighted by atomic mass is 14.1. The molecule has 0 fully saturated rings. The van der Waals surface area contributed by atoms with E-state index in [9.17, 15) is 0 Å². The second-order valence-corrected chi connectivity index (χ2v) is 5.92. The van der Waals surface area contributed by atoms with E-state index in [1.54, 1.807) is 0 Å². The van der Waals surface area contributed by atoms with Gasteiger partial charge in [-0.25, -0.2) is 0 Å². The normalized spacial score (nSPS) is 14.6. The van der Waals surface area contributed by atoms with Crippen LogP contribution in [0.15, 0.2) is 24.3 Å². The highest BCUT2D eigenvalue weighted by Gasteiger charge is 2.06. The average molecular weight is 180 g/mol. The molecule has 0 aliphatic rings. The van der Waals surface area contributed by atoms with E-state index in [0.29, 0.717) is 10.8 Å². The molecule has 0 rings (SSSR count). The Kier molecular flexibility index (Phi) is 4.46. The monoisotopic (exact) mass is 180 g/mol. The number of hydrogen-bond acceptors (Lipinski definition) is 0. The van der Waals surface area contributed by atoms with Crippen molar-refractivity contribution in [1.82, 2.24) is 0 Å². The summed E-state index contributed by atoms with van der Waals surface area (Å²) in [5.41, 5.74) is 0.706. The summed E-state index contributed by atoms with van der Waals surface area (Å²) in [6.07, 6.45) is 9.90. The summed E-state index contributed by atoms with van der Waals surface area (Å²) >= 11 is 0. The van der Waals surface area contributed by atoms with Gasteiger partial charge in [0.05, 0.1) is 0 Å². The Morgan fingerprint density at radius 1 is 0.846 bits per heavy atom. The lowest BCUT2D eigenvalue weighted by atomic mass is 9.92. The fourth-order valence-corrected chi connectivity index (χ4v) is 0.844. The van der Waals surface area contributed by atoms with Crippen LogP contribution in [-0.4, -0.2) is 0 Å². The summed E-state index contributed by atoms with van der Waals surface area (Å²) in [5, 5.41) is 0. The molecule has 0 atom stereocenters. The van der Waals surface area contributed by atoms with Crippen LogP contribution in [0.1, 0.15) is 48.0 Å². The fraction of sp³-hybridized carbons (Fsp3) is 0.692. The standard InChI is InChI=1S/C13H24/c1-12(2,3)10-8-7-9-11-13(4,5)6/h7-10H,11H2,1-6H3/b9-7+,10-8+. The molecule has 0 amide bonds. The molecule has 0 aliphatic heterocycles. The Hall–Kier alpha value is -0.520. The van der Waals surface area contributed by atoms with Crippen molar-refractivity contribution in [3.63, 3.8) is 0 Å². The van der Waals surface area contributed by atoms with Gasteiger partial charge in [0.15, 0.2) is 0 Å². The molecule has 0 saturated heterocycles. The molecule has 0 heteroatoms. The lowest BCUT2D eigenvalue weighted by Gasteiger charge is -2.14.